The first-order valence-corrected chi connectivity index (χ1v) is 7.42. The third kappa shape index (κ3) is 3.63. The van der Waals surface area contributed by atoms with Crippen molar-refractivity contribution in [3.05, 3.63) is 35.2 Å². The first kappa shape index (κ1) is 15.5. The van der Waals surface area contributed by atoms with Crippen LogP contribution in [0.15, 0.2) is 18.3 Å². The molecule has 114 valence electrons. The second-order valence-electron chi connectivity index (χ2n) is 5.77. The second-order valence-corrected chi connectivity index (χ2v) is 5.77. The summed E-state index contributed by atoms with van der Waals surface area (Å²) in [6.45, 7) is 4.49. The molecular formula is C17H24N2O2. The van der Waals surface area contributed by atoms with Gasteiger partial charge in [-0.1, -0.05) is 12.2 Å². The van der Waals surface area contributed by atoms with Gasteiger partial charge in [-0.05, 0) is 32.6 Å². The van der Waals surface area contributed by atoms with E-state index in [0.29, 0.717) is 18.9 Å². The van der Waals surface area contributed by atoms with E-state index in [1.165, 1.54) is 0 Å². The van der Waals surface area contributed by atoms with Crippen LogP contribution in [0.2, 0.25) is 0 Å². The Morgan fingerprint density at radius 1 is 1.48 bits per heavy atom. The van der Waals surface area contributed by atoms with Crippen molar-refractivity contribution < 1.29 is 9.53 Å². The number of pyridine rings is 1. The Labute approximate surface area is 126 Å². The maximum atomic E-state index is 12.3. The summed E-state index contributed by atoms with van der Waals surface area (Å²) < 4.78 is 5.41. The van der Waals surface area contributed by atoms with Crippen LogP contribution in [-0.4, -0.2) is 29.9 Å². The molecule has 0 aromatic carbocycles. The average molecular weight is 288 g/mol. The molecule has 1 aromatic rings. The van der Waals surface area contributed by atoms with Crippen molar-refractivity contribution in [1.82, 2.24) is 9.88 Å². The number of allylic oxidation sites excluding steroid dienone is 2. The SMILES string of the molecule is COc1c(C)cnc(CN(C)C(=O)C[C@H]2C=CCC2)c1C. The Bertz CT molecular complexity index is 552. The number of rotatable bonds is 5. The number of methoxy groups -OCH3 is 1. The summed E-state index contributed by atoms with van der Waals surface area (Å²) in [6.07, 6.45) is 8.90. The zero-order valence-electron chi connectivity index (χ0n) is 13.3. The van der Waals surface area contributed by atoms with E-state index in [2.05, 4.69) is 17.1 Å². The molecule has 0 saturated heterocycles. The van der Waals surface area contributed by atoms with Crippen molar-refractivity contribution >= 4 is 5.91 Å². The van der Waals surface area contributed by atoms with Gasteiger partial charge in [-0.2, -0.15) is 0 Å². The number of carbonyl (C=O) groups is 1. The molecule has 0 fully saturated rings. The summed E-state index contributed by atoms with van der Waals surface area (Å²) in [5.41, 5.74) is 2.93. The van der Waals surface area contributed by atoms with Gasteiger partial charge >= 0.3 is 0 Å². The molecule has 1 aliphatic carbocycles. The lowest BCUT2D eigenvalue weighted by molar-refractivity contribution is -0.131. The standard InChI is InChI=1S/C17H24N2O2/c1-12-10-18-15(13(2)17(12)21-4)11-19(3)16(20)9-14-7-5-6-8-14/h5,7,10,14H,6,8-9,11H2,1-4H3/t14-/m0/s1. The van der Waals surface area contributed by atoms with Gasteiger partial charge in [0, 0.05) is 30.8 Å². The van der Waals surface area contributed by atoms with Crippen molar-refractivity contribution in [3.8, 4) is 5.75 Å². The van der Waals surface area contributed by atoms with Crippen LogP contribution in [0.1, 0.15) is 36.1 Å². The first-order valence-electron chi connectivity index (χ1n) is 7.42. The van der Waals surface area contributed by atoms with Gasteiger partial charge in [0.25, 0.3) is 0 Å². The lowest BCUT2D eigenvalue weighted by atomic mass is 10.0. The van der Waals surface area contributed by atoms with Crippen LogP contribution in [0, 0.1) is 19.8 Å². The number of carbonyl (C=O) groups excluding carboxylic acids is 1. The van der Waals surface area contributed by atoms with Crippen LogP contribution < -0.4 is 4.74 Å². The minimum Gasteiger partial charge on any atom is -0.496 e. The number of nitrogens with zero attached hydrogens (tertiary/aromatic N) is 2. The summed E-state index contributed by atoms with van der Waals surface area (Å²) in [5, 5.41) is 0. The maximum Gasteiger partial charge on any atom is 0.223 e. The first-order chi connectivity index (χ1) is 10.0. The van der Waals surface area contributed by atoms with Crippen molar-refractivity contribution in [2.45, 2.75) is 39.7 Å². The fourth-order valence-electron chi connectivity index (χ4n) is 2.79. The van der Waals surface area contributed by atoms with Crippen LogP contribution in [0.5, 0.6) is 5.75 Å². The Hall–Kier alpha value is -1.84. The van der Waals surface area contributed by atoms with Gasteiger partial charge in [0.2, 0.25) is 5.91 Å². The van der Waals surface area contributed by atoms with Crippen LogP contribution in [-0.2, 0) is 11.3 Å². The van der Waals surface area contributed by atoms with Crippen molar-refractivity contribution in [2.24, 2.45) is 5.92 Å². The van der Waals surface area contributed by atoms with Gasteiger partial charge in [0.15, 0.2) is 0 Å². The number of hydrogen-bond donors (Lipinski definition) is 0. The van der Waals surface area contributed by atoms with E-state index in [1.807, 2.05) is 20.9 Å². The summed E-state index contributed by atoms with van der Waals surface area (Å²) in [7, 11) is 3.51. The van der Waals surface area contributed by atoms with Gasteiger partial charge in [0.1, 0.15) is 5.75 Å². The highest BCUT2D eigenvalue weighted by Gasteiger charge is 2.19. The van der Waals surface area contributed by atoms with Gasteiger partial charge in [-0.25, -0.2) is 0 Å². The number of hydrogen-bond acceptors (Lipinski definition) is 3. The second kappa shape index (κ2) is 6.74. The molecule has 1 amide bonds. The molecule has 0 unspecified atom stereocenters. The molecule has 1 aliphatic rings. The molecule has 4 heteroatoms. The van der Waals surface area contributed by atoms with Crippen molar-refractivity contribution in [1.29, 1.82) is 0 Å². The minimum absolute atomic E-state index is 0.173. The Morgan fingerprint density at radius 3 is 2.86 bits per heavy atom. The summed E-state index contributed by atoms with van der Waals surface area (Å²) in [6, 6.07) is 0. The topological polar surface area (TPSA) is 42.4 Å². The molecule has 1 atom stereocenters. The lowest BCUT2D eigenvalue weighted by Gasteiger charge is -2.20. The molecular weight excluding hydrogens is 264 g/mol. The minimum atomic E-state index is 0.173. The normalized spacial score (nSPS) is 17.0. The molecule has 1 aromatic heterocycles. The highest BCUT2D eigenvalue weighted by atomic mass is 16.5. The fourth-order valence-corrected chi connectivity index (χ4v) is 2.79. The van der Waals surface area contributed by atoms with Crippen molar-refractivity contribution in [3.63, 3.8) is 0 Å². The summed E-state index contributed by atoms with van der Waals surface area (Å²) >= 11 is 0. The Morgan fingerprint density at radius 2 is 2.24 bits per heavy atom. The van der Waals surface area contributed by atoms with Gasteiger partial charge in [-0.3, -0.25) is 9.78 Å². The third-order valence-electron chi connectivity index (χ3n) is 4.11. The zero-order chi connectivity index (χ0) is 15.4. The van der Waals surface area contributed by atoms with E-state index in [9.17, 15) is 4.79 Å². The van der Waals surface area contributed by atoms with E-state index in [-0.39, 0.29) is 5.91 Å². The molecule has 0 aliphatic heterocycles. The number of aromatic nitrogens is 1. The van der Waals surface area contributed by atoms with Crippen molar-refractivity contribution in [2.75, 3.05) is 14.2 Å². The lowest BCUT2D eigenvalue weighted by Crippen LogP contribution is -2.28. The monoisotopic (exact) mass is 288 g/mol. The molecule has 2 rings (SSSR count). The van der Waals surface area contributed by atoms with Crippen LogP contribution in [0.4, 0.5) is 0 Å². The molecule has 0 saturated carbocycles. The van der Waals surface area contributed by atoms with Gasteiger partial charge in [0.05, 0.1) is 19.3 Å². The van der Waals surface area contributed by atoms with Crippen LogP contribution >= 0.6 is 0 Å². The van der Waals surface area contributed by atoms with E-state index < -0.39 is 0 Å². The summed E-state index contributed by atoms with van der Waals surface area (Å²) in [4.78, 5) is 18.5. The molecule has 0 N–H and O–H groups in total. The average Bonchev–Trinajstić information content (AvgIpc) is 2.95. The van der Waals surface area contributed by atoms with E-state index >= 15 is 0 Å². The highest BCUT2D eigenvalue weighted by Crippen LogP contribution is 2.25. The predicted molar refractivity (Wildman–Crippen MR) is 83.2 cm³/mol. The van der Waals surface area contributed by atoms with Gasteiger partial charge < -0.3 is 9.64 Å². The van der Waals surface area contributed by atoms with Crippen LogP contribution in [0.25, 0.3) is 0 Å². The molecule has 0 radical (unpaired) electrons. The van der Waals surface area contributed by atoms with Gasteiger partial charge in [-0.15, -0.1) is 0 Å². The molecule has 0 bridgehead atoms. The Kier molecular flexibility index (Phi) is 4.99. The highest BCUT2D eigenvalue weighted by molar-refractivity contribution is 5.76. The van der Waals surface area contributed by atoms with E-state index in [1.54, 1.807) is 18.2 Å². The molecule has 4 nitrogen and oxygen atoms in total. The zero-order valence-corrected chi connectivity index (χ0v) is 13.3. The van der Waals surface area contributed by atoms with E-state index in [4.69, 9.17) is 4.74 Å². The smallest absolute Gasteiger partial charge is 0.223 e. The third-order valence-corrected chi connectivity index (χ3v) is 4.11. The number of aryl methyl sites for hydroxylation is 1. The Balaban J connectivity index is 2.03. The number of amides is 1. The maximum absolute atomic E-state index is 12.3. The predicted octanol–water partition coefficient (Wildman–Crippen LogP) is 3.02. The quantitative estimate of drug-likeness (QED) is 0.782. The molecule has 21 heavy (non-hydrogen) atoms. The largest absolute Gasteiger partial charge is 0.496 e. The van der Waals surface area contributed by atoms with E-state index in [0.717, 1.165) is 35.4 Å². The summed E-state index contributed by atoms with van der Waals surface area (Å²) in [5.74, 6) is 1.44. The molecule has 1 heterocycles. The fraction of sp³-hybridized carbons (Fsp3) is 0.529. The number of ether oxygens (including phenoxy) is 1. The van der Waals surface area contributed by atoms with Crippen LogP contribution in [0.3, 0.4) is 0 Å². The molecule has 0 spiro atoms.